The van der Waals surface area contributed by atoms with Crippen LogP contribution < -0.4 is 4.74 Å². The van der Waals surface area contributed by atoms with Crippen LogP contribution in [0.2, 0.25) is 0 Å². The van der Waals surface area contributed by atoms with Gasteiger partial charge in [0.1, 0.15) is 0 Å². The number of thiophene rings is 4. The SMILES string of the molecule is CCCCCCOc1ccc(-c2cc3c(s2)-c2c(ccc4c5c(ccc24)C(CC)(CC)c2cc(-c4ccc(C)s4)sc2-5)C3(CC)CC)s1. The number of unbranched alkanes of at least 4 members (excludes halogenated alkanes) is 3. The highest BCUT2D eigenvalue weighted by Gasteiger charge is 2.46. The minimum atomic E-state index is 0.0530. The zero-order chi connectivity index (χ0) is 33.2. The molecule has 4 aromatic heterocycles. The van der Waals surface area contributed by atoms with E-state index in [1.165, 1.54) is 86.4 Å². The van der Waals surface area contributed by atoms with Gasteiger partial charge in [-0.1, -0.05) is 89.5 Å². The van der Waals surface area contributed by atoms with Crippen LogP contribution in [0, 0.1) is 6.92 Å². The molecule has 0 spiro atoms. The van der Waals surface area contributed by atoms with Gasteiger partial charge in [-0.3, -0.25) is 0 Å². The summed E-state index contributed by atoms with van der Waals surface area (Å²) in [6, 6.07) is 24.2. The molecular weight excluding hydrogens is 661 g/mol. The average Bonchev–Trinajstić information content (AvgIpc) is 3.95. The molecule has 0 aliphatic heterocycles. The van der Waals surface area contributed by atoms with Crippen LogP contribution in [0.4, 0.5) is 0 Å². The van der Waals surface area contributed by atoms with Crippen molar-refractivity contribution in [2.45, 2.75) is 104 Å². The lowest BCUT2D eigenvalue weighted by Crippen LogP contribution is -2.23. The molecular formula is C43H46OS4. The second kappa shape index (κ2) is 12.6. The summed E-state index contributed by atoms with van der Waals surface area (Å²) in [6.07, 6.45) is 9.40. The summed E-state index contributed by atoms with van der Waals surface area (Å²) in [7, 11) is 0. The first-order valence-electron chi connectivity index (χ1n) is 18.1. The van der Waals surface area contributed by atoms with E-state index in [4.69, 9.17) is 4.74 Å². The smallest absolute Gasteiger partial charge is 0.174 e. The standard InChI is InChI=1S/C43H46OS4/c1-7-12-13-14-23-44-37-22-21-34(46-37)36-25-32-41(48-36)39-28-17-18-29-38(27(28)16-19-30(39)43(32,10-4)11-5)40-31(42(29,8-2)9-3)24-35(47-40)33-20-15-26(6)45-33/h15-22,24-25H,7-14,23H2,1-6H3. The third-order valence-electron chi connectivity index (χ3n) is 11.6. The van der Waals surface area contributed by atoms with E-state index in [2.05, 4.69) is 102 Å². The monoisotopic (exact) mass is 706 g/mol. The first-order chi connectivity index (χ1) is 23.4. The van der Waals surface area contributed by atoms with Gasteiger partial charge in [0.15, 0.2) is 5.06 Å². The lowest BCUT2D eigenvalue weighted by molar-refractivity contribution is 0.313. The average molecular weight is 707 g/mol. The van der Waals surface area contributed by atoms with Crippen molar-refractivity contribution in [2.24, 2.45) is 0 Å². The van der Waals surface area contributed by atoms with Crippen LogP contribution in [-0.2, 0) is 10.8 Å². The Labute approximate surface area is 302 Å². The Morgan fingerprint density at radius 3 is 1.56 bits per heavy atom. The number of fused-ring (bicyclic) bond motifs is 9. The minimum Gasteiger partial charge on any atom is -0.484 e. The van der Waals surface area contributed by atoms with E-state index in [1.54, 1.807) is 11.1 Å². The number of hydrogen-bond donors (Lipinski definition) is 0. The zero-order valence-corrected chi connectivity index (χ0v) is 32.4. The van der Waals surface area contributed by atoms with Gasteiger partial charge in [0, 0.05) is 56.1 Å². The predicted molar refractivity (Wildman–Crippen MR) is 214 cm³/mol. The van der Waals surface area contributed by atoms with Crippen LogP contribution in [-0.4, -0.2) is 6.61 Å². The lowest BCUT2D eigenvalue weighted by Gasteiger charge is -2.30. The molecule has 1 nitrogen and oxygen atoms in total. The number of rotatable bonds is 12. The summed E-state index contributed by atoms with van der Waals surface area (Å²) in [5.74, 6) is 0. The van der Waals surface area contributed by atoms with Crippen molar-refractivity contribution in [2.75, 3.05) is 6.61 Å². The fourth-order valence-electron chi connectivity index (χ4n) is 8.91. The van der Waals surface area contributed by atoms with Crippen molar-refractivity contribution in [3.8, 4) is 45.5 Å². The predicted octanol–water partition coefficient (Wildman–Crippen LogP) is 14.9. The molecule has 0 bridgehead atoms. The Kier molecular flexibility index (Phi) is 8.51. The Hall–Kier alpha value is -2.70. The molecule has 0 amide bonds. The van der Waals surface area contributed by atoms with Gasteiger partial charge in [0.05, 0.1) is 6.61 Å². The summed E-state index contributed by atoms with van der Waals surface area (Å²) >= 11 is 7.76. The highest BCUT2D eigenvalue weighted by Crippen LogP contribution is 2.63. The molecule has 2 aliphatic rings. The van der Waals surface area contributed by atoms with E-state index in [1.807, 2.05) is 45.3 Å². The van der Waals surface area contributed by atoms with Crippen molar-refractivity contribution < 1.29 is 4.74 Å². The Bertz CT molecular complexity index is 2120. The summed E-state index contributed by atoms with van der Waals surface area (Å²) in [5.41, 5.74) is 9.29. The minimum absolute atomic E-state index is 0.0530. The number of hydrogen-bond acceptors (Lipinski definition) is 5. The fourth-order valence-corrected chi connectivity index (χ4v) is 13.5. The molecule has 6 aromatic rings. The van der Waals surface area contributed by atoms with Crippen molar-refractivity contribution in [3.63, 3.8) is 0 Å². The summed E-state index contributed by atoms with van der Waals surface area (Å²) < 4.78 is 6.19. The molecule has 2 aliphatic carbocycles. The van der Waals surface area contributed by atoms with Crippen LogP contribution in [0.5, 0.6) is 5.06 Å². The van der Waals surface area contributed by atoms with Crippen LogP contribution in [0.1, 0.15) is 113 Å². The lowest BCUT2D eigenvalue weighted by atomic mass is 9.73. The molecule has 0 unspecified atom stereocenters. The summed E-state index contributed by atoms with van der Waals surface area (Å²) in [4.78, 5) is 9.91. The van der Waals surface area contributed by atoms with Crippen LogP contribution in [0.3, 0.4) is 0 Å². The highest BCUT2D eigenvalue weighted by atomic mass is 32.1. The number of benzene rings is 2. The first kappa shape index (κ1) is 32.5. The largest absolute Gasteiger partial charge is 0.484 e. The molecule has 2 aromatic carbocycles. The van der Waals surface area contributed by atoms with E-state index in [0.717, 1.165) is 43.8 Å². The molecule has 0 atom stereocenters. The van der Waals surface area contributed by atoms with Crippen molar-refractivity contribution >= 4 is 56.1 Å². The molecule has 0 N–H and O–H groups in total. The maximum Gasteiger partial charge on any atom is 0.174 e. The molecule has 4 heterocycles. The van der Waals surface area contributed by atoms with Gasteiger partial charge < -0.3 is 4.74 Å². The molecule has 48 heavy (non-hydrogen) atoms. The fraction of sp³-hybridized carbons (Fsp3) is 0.395. The second-order valence-electron chi connectivity index (χ2n) is 13.8. The third kappa shape index (κ3) is 4.71. The zero-order valence-electron chi connectivity index (χ0n) is 29.2. The van der Waals surface area contributed by atoms with Crippen LogP contribution >= 0.6 is 45.3 Å². The van der Waals surface area contributed by atoms with Crippen molar-refractivity contribution in [1.29, 1.82) is 0 Å². The van der Waals surface area contributed by atoms with E-state index >= 15 is 0 Å². The molecule has 0 fully saturated rings. The van der Waals surface area contributed by atoms with Gasteiger partial charge in [-0.15, -0.1) is 34.0 Å². The Morgan fingerprint density at radius 2 is 1.06 bits per heavy atom. The molecule has 0 saturated carbocycles. The Morgan fingerprint density at radius 1 is 0.521 bits per heavy atom. The molecule has 5 heteroatoms. The first-order valence-corrected chi connectivity index (χ1v) is 21.4. The van der Waals surface area contributed by atoms with Crippen molar-refractivity contribution in [1.82, 2.24) is 0 Å². The van der Waals surface area contributed by atoms with E-state index in [-0.39, 0.29) is 10.8 Å². The van der Waals surface area contributed by atoms with Gasteiger partial charge in [0.25, 0.3) is 0 Å². The molecule has 0 saturated heterocycles. The van der Waals surface area contributed by atoms with Gasteiger partial charge in [0.2, 0.25) is 0 Å². The maximum absolute atomic E-state index is 6.19. The molecule has 8 rings (SSSR count). The maximum atomic E-state index is 6.19. The Balaban J connectivity index is 1.27. The van der Waals surface area contributed by atoms with E-state index in [0.29, 0.717) is 0 Å². The van der Waals surface area contributed by atoms with Gasteiger partial charge in [-0.2, -0.15) is 0 Å². The molecule has 0 radical (unpaired) electrons. The summed E-state index contributed by atoms with van der Waals surface area (Å²) in [5, 5.41) is 3.92. The number of aryl methyl sites for hydroxylation is 1. The quantitative estimate of drug-likeness (QED) is 0.115. The van der Waals surface area contributed by atoms with E-state index in [9.17, 15) is 0 Å². The highest BCUT2D eigenvalue weighted by molar-refractivity contribution is 7.25. The van der Waals surface area contributed by atoms with Crippen LogP contribution in [0.25, 0.3) is 51.2 Å². The van der Waals surface area contributed by atoms with E-state index < -0.39 is 0 Å². The third-order valence-corrected chi connectivity index (χ3v) is 16.3. The molecule has 248 valence electrons. The van der Waals surface area contributed by atoms with Crippen molar-refractivity contribution in [3.05, 3.63) is 87.8 Å². The summed E-state index contributed by atoms with van der Waals surface area (Å²) in [6.45, 7) is 14.9. The second-order valence-corrected chi connectivity index (χ2v) is 18.2. The van der Waals surface area contributed by atoms with Gasteiger partial charge >= 0.3 is 0 Å². The normalized spacial score (nSPS) is 15.1. The number of ether oxygens (including phenoxy) is 1. The van der Waals surface area contributed by atoms with Crippen LogP contribution in [0.15, 0.2) is 60.7 Å². The van der Waals surface area contributed by atoms with Gasteiger partial charge in [-0.25, -0.2) is 0 Å². The topological polar surface area (TPSA) is 9.23 Å². The van der Waals surface area contributed by atoms with Gasteiger partial charge in [-0.05, 0) is 108 Å².